The summed E-state index contributed by atoms with van der Waals surface area (Å²) >= 11 is 1.46. The molecule has 0 spiro atoms. The zero-order valence-corrected chi connectivity index (χ0v) is 17.6. The summed E-state index contributed by atoms with van der Waals surface area (Å²) in [5.74, 6) is -0.0500. The number of ether oxygens (including phenoxy) is 1. The average Bonchev–Trinajstić information content (AvgIpc) is 3.09. The fourth-order valence-corrected chi connectivity index (χ4v) is 3.88. The second kappa shape index (κ2) is 10.3. The number of halogens is 2. The Labute approximate surface area is 178 Å². The lowest BCUT2D eigenvalue weighted by Crippen LogP contribution is -2.29. The van der Waals surface area contributed by atoms with Crippen LogP contribution in [0, 0.1) is 6.92 Å². The van der Waals surface area contributed by atoms with Gasteiger partial charge in [-0.25, -0.2) is 4.98 Å². The van der Waals surface area contributed by atoms with Crippen LogP contribution in [0.15, 0.2) is 54.7 Å². The first-order valence-corrected chi connectivity index (χ1v) is 10.2. The third-order valence-corrected chi connectivity index (χ3v) is 5.19. The van der Waals surface area contributed by atoms with E-state index in [0.717, 1.165) is 16.9 Å². The standard InChI is InChI=1S/C22H23F2N3O2S/c1-15-4-3-5-17(10-15)11-19-12-25-22(30-19)26-20(28)14-27(2)13-16-6-8-18(9-7-16)29-21(23)24/h3-10,12,21H,11,13-14H2,1-2H3,(H,25,26,28). The van der Waals surface area contributed by atoms with Gasteiger partial charge in [0.2, 0.25) is 5.91 Å². The number of aryl methyl sites for hydroxylation is 1. The van der Waals surface area contributed by atoms with E-state index >= 15 is 0 Å². The molecule has 0 atom stereocenters. The number of anilines is 1. The van der Waals surface area contributed by atoms with Gasteiger partial charge in [0, 0.05) is 24.0 Å². The summed E-state index contributed by atoms with van der Waals surface area (Å²) in [5, 5.41) is 3.40. The maximum absolute atomic E-state index is 12.3. The van der Waals surface area contributed by atoms with Crippen LogP contribution in [0.25, 0.3) is 0 Å². The summed E-state index contributed by atoms with van der Waals surface area (Å²) in [4.78, 5) is 19.5. The number of aromatic nitrogens is 1. The lowest BCUT2D eigenvalue weighted by atomic mass is 10.1. The molecule has 0 aliphatic carbocycles. The fraction of sp³-hybridized carbons (Fsp3) is 0.273. The second-order valence-corrected chi connectivity index (χ2v) is 8.16. The van der Waals surface area contributed by atoms with Gasteiger partial charge in [-0.2, -0.15) is 8.78 Å². The quantitative estimate of drug-likeness (QED) is 0.533. The Bertz CT molecular complexity index is 977. The van der Waals surface area contributed by atoms with E-state index in [1.807, 2.05) is 18.0 Å². The maximum atomic E-state index is 12.3. The number of likely N-dealkylation sites (N-methyl/N-ethyl adjacent to an activating group) is 1. The van der Waals surface area contributed by atoms with E-state index in [1.54, 1.807) is 18.3 Å². The molecule has 0 saturated carbocycles. The number of benzene rings is 2. The molecule has 1 N–H and O–H groups in total. The molecule has 158 valence electrons. The van der Waals surface area contributed by atoms with Gasteiger partial charge in [0.25, 0.3) is 0 Å². The van der Waals surface area contributed by atoms with Crippen LogP contribution in [0.5, 0.6) is 5.75 Å². The van der Waals surface area contributed by atoms with Gasteiger partial charge in [0.05, 0.1) is 6.54 Å². The van der Waals surface area contributed by atoms with Crippen molar-refractivity contribution in [3.8, 4) is 5.75 Å². The summed E-state index contributed by atoms with van der Waals surface area (Å²) < 4.78 is 28.7. The summed E-state index contributed by atoms with van der Waals surface area (Å²) in [5.41, 5.74) is 3.31. The third kappa shape index (κ3) is 6.89. The number of nitrogens with one attached hydrogen (secondary N) is 1. The Morgan fingerprint density at radius 3 is 2.67 bits per heavy atom. The van der Waals surface area contributed by atoms with E-state index in [9.17, 15) is 13.6 Å². The molecule has 0 radical (unpaired) electrons. The summed E-state index contributed by atoms with van der Waals surface area (Å²) in [6.45, 7) is -0.101. The van der Waals surface area contributed by atoms with Crippen LogP contribution in [-0.2, 0) is 17.8 Å². The van der Waals surface area contributed by atoms with Gasteiger partial charge >= 0.3 is 6.61 Å². The topological polar surface area (TPSA) is 54.5 Å². The number of carbonyl (C=O) groups excluding carboxylic acids is 1. The Kier molecular flexibility index (Phi) is 7.48. The monoisotopic (exact) mass is 431 g/mol. The van der Waals surface area contributed by atoms with Gasteiger partial charge in [0.15, 0.2) is 5.13 Å². The van der Waals surface area contributed by atoms with Crippen LogP contribution in [0.2, 0.25) is 0 Å². The largest absolute Gasteiger partial charge is 0.435 e. The van der Waals surface area contributed by atoms with E-state index in [2.05, 4.69) is 40.2 Å². The molecule has 3 rings (SSSR count). The first kappa shape index (κ1) is 21.9. The zero-order valence-electron chi connectivity index (χ0n) is 16.8. The molecule has 0 aliphatic heterocycles. The van der Waals surface area contributed by atoms with Crippen LogP contribution in [0.1, 0.15) is 21.6 Å². The van der Waals surface area contributed by atoms with Crippen molar-refractivity contribution in [2.45, 2.75) is 26.5 Å². The summed E-state index contributed by atoms with van der Waals surface area (Å²) in [6.07, 6.45) is 2.57. The predicted molar refractivity (Wildman–Crippen MR) is 114 cm³/mol. The van der Waals surface area contributed by atoms with E-state index in [1.165, 1.54) is 34.6 Å². The molecule has 0 fully saturated rings. The minimum Gasteiger partial charge on any atom is -0.435 e. The molecule has 5 nitrogen and oxygen atoms in total. The zero-order chi connectivity index (χ0) is 21.5. The van der Waals surface area contributed by atoms with Crippen molar-refractivity contribution in [1.29, 1.82) is 0 Å². The highest BCUT2D eigenvalue weighted by atomic mass is 32.1. The van der Waals surface area contributed by atoms with Crippen LogP contribution >= 0.6 is 11.3 Å². The molecule has 0 saturated heterocycles. The number of carbonyl (C=O) groups is 1. The molecule has 0 unspecified atom stereocenters. The first-order valence-electron chi connectivity index (χ1n) is 9.40. The fourth-order valence-electron chi connectivity index (χ4n) is 3.02. The number of alkyl halides is 2. The van der Waals surface area contributed by atoms with Crippen LogP contribution < -0.4 is 10.1 Å². The molecule has 0 aliphatic rings. The third-order valence-electron chi connectivity index (χ3n) is 4.28. The molecule has 1 amide bonds. The van der Waals surface area contributed by atoms with Crippen molar-refractivity contribution in [2.75, 3.05) is 18.9 Å². The van der Waals surface area contributed by atoms with Gasteiger partial charge in [-0.05, 0) is 37.2 Å². The van der Waals surface area contributed by atoms with E-state index in [-0.39, 0.29) is 18.2 Å². The predicted octanol–water partition coefficient (Wildman–Crippen LogP) is 4.71. The Morgan fingerprint density at radius 1 is 1.20 bits per heavy atom. The lowest BCUT2D eigenvalue weighted by molar-refractivity contribution is -0.117. The summed E-state index contributed by atoms with van der Waals surface area (Å²) in [7, 11) is 1.81. The lowest BCUT2D eigenvalue weighted by Gasteiger charge is -2.16. The van der Waals surface area contributed by atoms with Gasteiger partial charge in [0.1, 0.15) is 5.75 Å². The molecule has 1 heterocycles. The van der Waals surface area contributed by atoms with Crippen LogP contribution in [0.3, 0.4) is 0 Å². The van der Waals surface area contributed by atoms with Crippen molar-refractivity contribution in [1.82, 2.24) is 9.88 Å². The molecule has 8 heteroatoms. The Balaban J connectivity index is 1.47. The first-order chi connectivity index (χ1) is 14.4. The smallest absolute Gasteiger partial charge is 0.387 e. The Hall–Kier alpha value is -2.84. The second-order valence-electron chi connectivity index (χ2n) is 7.04. The SMILES string of the molecule is Cc1cccc(Cc2cnc(NC(=O)CN(C)Cc3ccc(OC(F)F)cc3)s2)c1. The maximum Gasteiger partial charge on any atom is 0.387 e. The Morgan fingerprint density at radius 2 is 1.97 bits per heavy atom. The minimum absolute atomic E-state index is 0.111. The molecule has 30 heavy (non-hydrogen) atoms. The van der Waals surface area contributed by atoms with Gasteiger partial charge in [-0.3, -0.25) is 9.69 Å². The van der Waals surface area contributed by atoms with E-state index in [0.29, 0.717) is 11.7 Å². The molecular weight excluding hydrogens is 408 g/mol. The molecular formula is C22H23F2N3O2S. The number of rotatable bonds is 9. The van der Waals surface area contributed by atoms with Crippen molar-refractivity contribution in [3.63, 3.8) is 0 Å². The highest BCUT2D eigenvalue weighted by molar-refractivity contribution is 7.15. The summed E-state index contributed by atoms with van der Waals surface area (Å²) in [6, 6.07) is 14.7. The van der Waals surface area contributed by atoms with Crippen molar-refractivity contribution >= 4 is 22.4 Å². The van der Waals surface area contributed by atoms with E-state index in [4.69, 9.17) is 0 Å². The number of amides is 1. The molecule has 3 aromatic rings. The molecule has 1 aromatic heterocycles. The molecule has 2 aromatic carbocycles. The van der Waals surface area contributed by atoms with Gasteiger partial charge in [-0.15, -0.1) is 11.3 Å². The van der Waals surface area contributed by atoms with Crippen molar-refractivity contribution < 1.29 is 18.3 Å². The number of thiazole rings is 1. The molecule has 0 bridgehead atoms. The van der Waals surface area contributed by atoms with Crippen molar-refractivity contribution in [2.24, 2.45) is 0 Å². The van der Waals surface area contributed by atoms with Crippen molar-refractivity contribution in [3.05, 3.63) is 76.3 Å². The van der Waals surface area contributed by atoms with Gasteiger partial charge < -0.3 is 10.1 Å². The number of nitrogens with zero attached hydrogens (tertiary/aromatic N) is 2. The van der Waals surface area contributed by atoms with Crippen LogP contribution in [-0.4, -0.2) is 36.0 Å². The van der Waals surface area contributed by atoms with Gasteiger partial charge in [-0.1, -0.05) is 42.0 Å². The van der Waals surface area contributed by atoms with E-state index < -0.39 is 6.61 Å². The minimum atomic E-state index is -2.84. The average molecular weight is 432 g/mol. The normalized spacial score (nSPS) is 11.1. The highest BCUT2D eigenvalue weighted by Crippen LogP contribution is 2.22. The number of hydrogen-bond donors (Lipinski definition) is 1. The number of hydrogen-bond acceptors (Lipinski definition) is 5. The highest BCUT2D eigenvalue weighted by Gasteiger charge is 2.11. The van der Waals surface area contributed by atoms with Crippen LogP contribution in [0.4, 0.5) is 13.9 Å².